The number of sulfone groups is 1. The van der Waals surface area contributed by atoms with Gasteiger partial charge in [-0.15, -0.1) is 0 Å². The monoisotopic (exact) mass is 222 g/mol. The van der Waals surface area contributed by atoms with Gasteiger partial charge >= 0.3 is 0 Å². The van der Waals surface area contributed by atoms with Crippen molar-refractivity contribution in [2.75, 3.05) is 5.75 Å². The minimum absolute atomic E-state index is 0.0959. The molecule has 0 spiro atoms. The molecule has 0 unspecified atom stereocenters. The average molecular weight is 222 g/mol. The number of hydrogen-bond acceptors (Lipinski definition) is 3. The van der Waals surface area contributed by atoms with Crippen molar-refractivity contribution in [2.45, 2.75) is 52.4 Å². The van der Waals surface area contributed by atoms with Crippen molar-refractivity contribution in [1.29, 1.82) is 0 Å². The van der Waals surface area contributed by atoms with Gasteiger partial charge in [-0.2, -0.15) is 0 Å². The van der Waals surface area contributed by atoms with E-state index in [-0.39, 0.29) is 11.2 Å². The second kappa shape index (κ2) is 4.62. The van der Waals surface area contributed by atoms with E-state index < -0.39 is 21.2 Å². The van der Waals surface area contributed by atoms with Gasteiger partial charge in [-0.1, -0.05) is 34.6 Å². The minimum Gasteiger partial charge on any atom is -0.391 e. The highest BCUT2D eigenvalue weighted by molar-refractivity contribution is 7.92. The first-order valence-corrected chi connectivity index (χ1v) is 6.78. The summed E-state index contributed by atoms with van der Waals surface area (Å²) < 4.78 is 23.3. The molecule has 0 bridgehead atoms. The third-order valence-electron chi connectivity index (χ3n) is 2.51. The summed E-state index contributed by atoms with van der Waals surface area (Å²) in [7, 11) is -3.14. The largest absolute Gasteiger partial charge is 0.391 e. The molecule has 0 saturated carbocycles. The quantitative estimate of drug-likeness (QED) is 0.786. The summed E-state index contributed by atoms with van der Waals surface area (Å²) in [4.78, 5) is 0. The van der Waals surface area contributed by atoms with Gasteiger partial charge in [0, 0.05) is 5.75 Å². The Bertz CT molecular complexity index is 262. The first kappa shape index (κ1) is 13.9. The lowest BCUT2D eigenvalue weighted by Gasteiger charge is -2.31. The molecule has 4 heteroatoms. The van der Waals surface area contributed by atoms with Crippen molar-refractivity contribution in [3.05, 3.63) is 0 Å². The molecule has 14 heavy (non-hydrogen) atoms. The lowest BCUT2D eigenvalue weighted by molar-refractivity contribution is 0.0579. The number of aliphatic hydroxyl groups excluding tert-OH is 1. The van der Waals surface area contributed by atoms with Crippen LogP contribution >= 0.6 is 0 Å². The highest BCUT2D eigenvalue weighted by atomic mass is 32.2. The standard InChI is InChI=1S/C10H22O3S/c1-6-8(14(12,13)7-2)9(11)10(3,4)5/h8-9,11H,6-7H2,1-5H3/t8-,9-/m1/s1. The number of hydrogen-bond donors (Lipinski definition) is 1. The molecule has 0 aromatic rings. The van der Waals surface area contributed by atoms with Gasteiger partial charge in [-0.3, -0.25) is 0 Å². The van der Waals surface area contributed by atoms with Gasteiger partial charge in [0.15, 0.2) is 9.84 Å². The number of aliphatic hydroxyl groups is 1. The van der Waals surface area contributed by atoms with Crippen molar-refractivity contribution in [3.63, 3.8) is 0 Å². The zero-order valence-electron chi connectivity index (χ0n) is 9.74. The zero-order valence-corrected chi connectivity index (χ0v) is 10.6. The highest BCUT2D eigenvalue weighted by Gasteiger charge is 2.36. The van der Waals surface area contributed by atoms with E-state index in [0.29, 0.717) is 6.42 Å². The van der Waals surface area contributed by atoms with Gasteiger partial charge in [-0.05, 0) is 11.8 Å². The number of rotatable bonds is 4. The Balaban J connectivity index is 4.93. The van der Waals surface area contributed by atoms with Gasteiger partial charge in [-0.25, -0.2) is 8.42 Å². The molecule has 0 aliphatic rings. The smallest absolute Gasteiger partial charge is 0.155 e. The van der Waals surface area contributed by atoms with E-state index in [4.69, 9.17) is 0 Å². The summed E-state index contributed by atoms with van der Waals surface area (Å²) in [5.74, 6) is 0.0959. The molecule has 0 aromatic carbocycles. The van der Waals surface area contributed by atoms with Crippen LogP contribution < -0.4 is 0 Å². The van der Waals surface area contributed by atoms with Crippen LogP contribution in [0.5, 0.6) is 0 Å². The molecule has 86 valence electrons. The normalized spacial score (nSPS) is 17.9. The lowest BCUT2D eigenvalue weighted by atomic mass is 9.86. The summed E-state index contributed by atoms with van der Waals surface area (Å²) >= 11 is 0. The van der Waals surface area contributed by atoms with Crippen molar-refractivity contribution in [3.8, 4) is 0 Å². The van der Waals surface area contributed by atoms with E-state index >= 15 is 0 Å². The fraction of sp³-hybridized carbons (Fsp3) is 1.00. The van der Waals surface area contributed by atoms with Crippen LogP contribution in [0.1, 0.15) is 41.0 Å². The Morgan fingerprint density at radius 2 is 1.64 bits per heavy atom. The fourth-order valence-electron chi connectivity index (χ4n) is 1.45. The zero-order chi connectivity index (χ0) is 11.6. The first-order chi connectivity index (χ1) is 6.16. The molecule has 3 nitrogen and oxygen atoms in total. The van der Waals surface area contributed by atoms with E-state index in [1.54, 1.807) is 13.8 Å². The summed E-state index contributed by atoms with van der Waals surface area (Å²) in [6, 6.07) is 0. The Labute approximate surface area is 87.4 Å². The Hall–Kier alpha value is -0.0900. The van der Waals surface area contributed by atoms with Crippen molar-refractivity contribution in [2.24, 2.45) is 5.41 Å². The third kappa shape index (κ3) is 3.24. The molecule has 0 fully saturated rings. The summed E-state index contributed by atoms with van der Waals surface area (Å²) in [6.45, 7) is 8.97. The minimum atomic E-state index is -3.14. The maximum absolute atomic E-state index is 11.7. The van der Waals surface area contributed by atoms with E-state index in [9.17, 15) is 13.5 Å². The van der Waals surface area contributed by atoms with E-state index in [0.717, 1.165) is 0 Å². The van der Waals surface area contributed by atoms with Crippen LogP contribution in [-0.4, -0.2) is 30.6 Å². The van der Waals surface area contributed by atoms with Crippen LogP contribution in [-0.2, 0) is 9.84 Å². The predicted octanol–water partition coefficient (Wildman–Crippen LogP) is 1.61. The topological polar surface area (TPSA) is 54.4 Å². The van der Waals surface area contributed by atoms with Gasteiger partial charge < -0.3 is 5.11 Å². The van der Waals surface area contributed by atoms with Crippen molar-refractivity contribution < 1.29 is 13.5 Å². The average Bonchev–Trinajstić information content (AvgIpc) is 2.03. The second-order valence-electron chi connectivity index (χ2n) is 4.71. The first-order valence-electron chi connectivity index (χ1n) is 5.06. The molecule has 2 atom stereocenters. The fourth-order valence-corrected chi connectivity index (χ4v) is 3.18. The summed E-state index contributed by atoms with van der Waals surface area (Å²) in [5.41, 5.74) is -0.386. The summed E-state index contributed by atoms with van der Waals surface area (Å²) in [6.07, 6.45) is -0.327. The van der Waals surface area contributed by atoms with Crippen LogP contribution in [0.15, 0.2) is 0 Å². The van der Waals surface area contributed by atoms with E-state index in [2.05, 4.69) is 0 Å². The van der Waals surface area contributed by atoms with Crippen LogP contribution in [0.4, 0.5) is 0 Å². The highest BCUT2D eigenvalue weighted by Crippen LogP contribution is 2.27. The Morgan fingerprint density at radius 1 is 1.21 bits per heavy atom. The molecule has 0 radical (unpaired) electrons. The van der Waals surface area contributed by atoms with Crippen LogP contribution in [0.25, 0.3) is 0 Å². The molecule has 1 N–H and O–H groups in total. The van der Waals surface area contributed by atoms with Gasteiger partial charge in [0.2, 0.25) is 0 Å². The Morgan fingerprint density at radius 3 is 1.86 bits per heavy atom. The van der Waals surface area contributed by atoms with Crippen molar-refractivity contribution in [1.82, 2.24) is 0 Å². The van der Waals surface area contributed by atoms with Crippen LogP contribution in [0.3, 0.4) is 0 Å². The molecule has 0 saturated heterocycles. The van der Waals surface area contributed by atoms with E-state index in [1.807, 2.05) is 20.8 Å². The molecular formula is C10H22O3S. The second-order valence-corrected chi connectivity index (χ2v) is 7.22. The molecule has 0 aliphatic carbocycles. The van der Waals surface area contributed by atoms with Crippen molar-refractivity contribution >= 4 is 9.84 Å². The predicted molar refractivity (Wildman–Crippen MR) is 59.0 cm³/mol. The molecule has 0 rings (SSSR count). The maximum Gasteiger partial charge on any atom is 0.155 e. The van der Waals surface area contributed by atoms with E-state index in [1.165, 1.54) is 0 Å². The Kier molecular flexibility index (Phi) is 4.59. The molecule has 0 aromatic heterocycles. The van der Waals surface area contributed by atoms with Crippen LogP contribution in [0, 0.1) is 5.41 Å². The maximum atomic E-state index is 11.7. The van der Waals surface area contributed by atoms with Gasteiger partial charge in [0.25, 0.3) is 0 Å². The molecule has 0 heterocycles. The van der Waals surface area contributed by atoms with Crippen LogP contribution in [0.2, 0.25) is 0 Å². The third-order valence-corrected chi connectivity index (χ3v) is 4.82. The van der Waals surface area contributed by atoms with Gasteiger partial charge in [0.1, 0.15) is 0 Å². The molecule has 0 aliphatic heterocycles. The van der Waals surface area contributed by atoms with Gasteiger partial charge in [0.05, 0.1) is 11.4 Å². The molecular weight excluding hydrogens is 200 g/mol. The lowest BCUT2D eigenvalue weighted by Crippen LogP contribution is -2.42. The molecule has 0 amide bonds. The SMILES string of the molecule is CC[C@H]([C@@H](O)C(C)(C)C)S(=O)(=O)CC. The summed E-state index contributed by atoms with van der Waals surface area (Å²) in [5, 5.41) is 9.30.